The predicted molar refractivity (Wildman–Crippen MR) is 128 cm³/mol. The maximum absolute atomic E-state index is 12.9. The van der Waals surface area contributed by atoms with Gasteiger partial charge in [-0.15, -0.1) is 0 Å². The normalized spacial score (nSPS) is 12.2. The highest BCUT2D eigenvalue weighted by atomic mass is 32.1. The highest BCUT2D eigenvalue weighted by Gasteiger charge is 2.21. The Labute approximate surface area is 196 Å². The van der Waals surface area contributed by atoms with E-state index in [-0.39, 0.29) is 12.7 Å². The second-order valence-corrected chi connectivity index (χ2v) is 9.13. The molecule has 33 heavy (non-hydrogen) atoms. The fourth-order valence-corrected chi connectivity index (χ4v) is 4.85. The number of rotatable bonds is 5. The van der Waals surface area contributed by atoms with E-state index >= 15 is 0 Å². The first-order valence-corrected chi connectivity index (χ1v) is 11.5. The van der Waals surface area contributed by atoms with E-state index in [9.17, 15) is 4.79 Å². The van der Waals surface area contributed by atoms with E-state index in [1.807, 2.05) is 74.8 Å². The average molecular weight is 461 g/mol. The van der Waals surface area contributed by atoms with Crippen LogP contribution in [0.15, 0.2) is 42.5 Å². The molecule has 1 aliphatic heterocycles. The van der Waals surface area contributed by atoms with Gasteiger partial charge in [-0.2, -0.15) is 5.10 Å². The van der Waals surface area contributed by atoms with Crippen molar-refractivity contribution in [2.45, 2.75) is 34.1 Å². The van der Waals surface area contributed by atoms with Crippen LogP contribution in [0.3, 0.4) is 0 Å². The van der Waals surface area contributed by atoms with Gasteiger partial charge in [-0.1, -0.05) is 35.1 Å². The van der Waals surface area contributed by atoms with Gasteiger partial charge < -0.3 is 14.8 Å². The van der Waals surface area contributed by atoms with Crippen molar-refractivity contribution in [2.24, 2.45) is 0 Å². The molecule has 0 saturated heterocycles. The van der Waals surface area contributed by atoms with Crippen LogP contribution >= 0.6 is 11.3 Å². The molecule has 1 aliphatic rings. The van der Waals surface area contributed by atoms with E-state index in [4.69, 9.17) is 14.6 Å². The number of carbonyl (C=O) groups is 1. The summed E-state index contributed by atoms with van der Waals surface area (Å²) in [6.07, 6.45) is 0.722. The van der Waals surface area contributed by atoms with Gasteiger partial charge in [0.05, 0.1) is 11.4 Å². The number of thiazole rings is 1. The van der Waals surface area contributed by atoms with Crippen LogP contribution in [0.4, 0.5) is 5.69 Å². The second kappa shape index (κ2) is 8.37. The molecule has 4 aromatic rings. The van der Waals surface area contributed by atoms with Crippen molar-refractivity contribution in [1.82, 2.24) is 14.8 Å². The largest absolute Gasteiger partial charge is 0.454 e. The Kier molecular flexibility index (Phi) is 5.38. The molecule has 168 valence electrons. The average Bonchev–Trinajstić information content (AvgIpc) is 3.49. The molecule has 2 aromatic heterocycles. The first kappa shape index (κ1) is 21.2. The molecule has 1 amide bonds. The molecule has 0 radical (unpaired) electrons. The van der Waals surface area contributed by atoms with Crippen molar-refractivity contribution in [3.63, 3.8) is 0 Å². The minimum absolute atomic E-state index is 0.165. The molecule has 3 heterocycles. The van der Waals surface area contributed by atoms with Crippen LogP contribution in [0.1, 0.15) is 43.4 Å². The standard InChI is InChI=1S/C25H24N4O3S/c1-14-5-8-19(9-6-14)27-24(30)23-16(3)26-25(33-23)29-17(4)20(15(2)28-29)11-18-7-10-21-22(12-18)32-13-31-21/h5-10,12H,11,13H2,1-4H3,(H,27,30). The summed E-state index contributed by atoms with van der Waals surface area (Å²) in [4.78, 5) is 18.1. The van der Waals surface area contributed by atoms with Crippen LogP contribution in [0.25, 0.3) is 5.13 Å². The summed E-state index contributed by atoms with van der Waals surface area (Å²) in [5, 5.41) is 8.37. The maximum atomic E-state index is 12.9. The summed E-state index contributed by atoms with van der Waals surface area (Å²) in [6, 6.07) is 13.7. The van der Waals surface area contributed by atoms with Crippen molar-refractivity contribution < 1.29 is 14.3 Å². The number of ether oxygens (including phenoxy) is 2. The number of benzene rings is 2. The Morgan fingerprint density at radius 3 is 2.58 bits per heavy atom. The molecule has 0 bridgehead atoms. The monoisotopic (exact) mass is 460 g/mol. The summed E-state index contributed by atoms with van der Waals surface area (Å²) in [5.41, 5.74) is 6.78. The summed E-state index contributed by atoms with van der Waals surface area (Å²) < 4.78 is 12.8. The third-order valence-electron chi connectivity index (χ3n) is 5.74. The molecular weight excluding hydrogens is 436 g/mol. The number of carbonyl (C=O) groups excluding carboxylic acids is 1. The molecule has 0 atom stereocenters. The van der Waals surface area contributed by atoms with Gasteiger partial charge in [0.15, 0.2) is 11.5 Å². The van der Waals surface area contributed by atoms with Crippen LogP contribution in [0.5, 0.6) is 11.5 Å². The lowest BCUT2D eigenvalue weighted by Gasteiger charge is -2.05. The zero-order chi connectivity index (χ0) is 23.1. The molecule has 8 heteroatoms. The van der Waals surface area contributed by atoms with E-state index < -0.39 is 0 Å². The maximum Gasteiger partial charge on any atom is 0.267 e. The predicted octanol–water partition coefficient (Wildman–Crippen LogP) is 5.13. The Balaban J connectivity index is 1.40. The summed E-state index contributed by atoms with van der Waals surface area (Å²) >= 11 is 1.34. The second-order valence-electron chi connectivity index (χ2n) is 8.16. The quantitative estimate of drug-likeness (QED) is 0.446. The fraction of sp³-hybridized carbons (Fsp3) is 0.240. The number of hydrogen-bond donors (Lipinski definition) is 1. The Morgan fingerprint density at radius 1 is 1.03 bits per heavy atom. The number of amides is 1. The Hall–Kier alpha value is -3.65. The lowest BCUT2D eigenvalue weighted by Crippen LogP contribution is -2.11. The first-order chi connectivity index (χ1) is 15.9. The third-order valence-corrected chi connectivity index (χ3v) is 6.87. The van der Waals surface area contributed by atoms with Gasteiger partial charge in [-0.25, -0.2) is 9.67 Å². The molecule has 5 rings (SSSR count). The zero-order valence-corrected chi connectivity index (χ0v) is 19.7. The van der Waals surface area contributed by atoms with Crippen molar-refractivity contribution in [3.8, 4) is 16.6 Å². The fourth-order valence-electron chi connectivity index (χ4n) is 3.88. The summed E-state index contributed by atoms with van der Waals surface area (Å²) in [6.45, 7) is 8.16. The van der Waals surface area contributed by atoms with Crippen LogP contribution in [-0.2, 0) is 6.42 Å². The zero-order valence-electron chi connectivity index (χ0n) is 18.9. The summed E-state index contributed by atoms with van der Waals surface area (Å²) in [5.74, 6) is 1.38. The number of fused-ring (bicyclic) bond motifs is 1. The van der Waals surface area contributed by atoms with Crippen LogP contribution < -0.4 is 14.8 Å². The number of anilines is 1. The van der Waals surface area contributed by atoms with E-state index in [0.717, 1.165) is 51.7 Å². The minimum Gasteiger partial charge on any atom is -0.454 e. The van der Waals surface area contributed by atoms with Crippen molar-refractivity contribution in [1.29, 1.82) is 0 Å². The van der Waals surface area contributed by atoms with Gasteiger partial charge in [-0.3, -0.25) is 4.79 Å². The van der Waals surface area contributed by atoms with E-state index in [2.05, 4.69) is 10.3 Å². The SMILES string of the molecule is Cc1ccc(NC(=O)c2sc(-n3nc(C)c(Cc4ccc5c(c4)OCO5)c3C)nc2C)cc1. The number of hydrogen-bond acceptors (Lipinski definition) is 6. The van der Waals surface area contributed by atoms with Gasteiger partial charge in [-0.05, 0) is 57.5 Å². The molecule has 0 aliphatic carbocycles. The van der Waals surface area contributed by atoms with Gasteiger partial charge in [0.1, 0.15) is 4.88 Å². The van der Waals surface area contributed by atoms with Gasteiger partial charge in [0.2, 0.25) is 11.9 Å². The number of nitrogens with one attached hydrogen (secondary N) is 1. The number of aryl methyl sites for hydroxylation is 3. The van der Waals surface area contributed by atoms with Crippen LogP contribution in [-0.4, -0.2) is 27.5 Å². The molecule has 1 N–H and O–H groups in total. The molecule has 0 unspecified atom stereocenters. The topological polar surface area (TPSA) is 78.3 Å². The number of aromatic nitrogens is 3. The third kappa shape index (κ3) is 4.09. The molecule has 2 aromatic carbocycles. The highest BCUT2D eigenvalue weighted by Crippen LogP contribution is 2.34. The van der Waals surface area contributed by atoms with E-state index in [0.29, 0.717) is 15.7 Å². The van der Waals surface area contributed by atoms with Crippen molar-refractivity contribution >= 4 is 22.9 Å². The van der Waals surface area contributed by atoms with Gasteiger partial charge in [0.25, 0.3) is 5.91 Å². The lowest BCUT2D eigenvalue weighted by molar-refractivity contribution is 0.103. The van der Waals surface area contributed by atoms with E-state index in [1.165, 1.54) is 11.3 Å². The Morgan fingerprint density at radius 2 is 1.79 bits per heavy atom. The Bertz CT molecular complexity index is 1350. The van der Waals surface area contributed by atoms with Crippen LogP contribution in [0, 0.1) is 27.7 Å². The molecular formula is C25H24N4O3S. The van der Waals surface area contributed by atoms with Gasteiger partial charge in [0, 0.05) is 23.4 Å². The van der Waals surface area contributed by atoms with Gasteiger partial charge >= 0.3 is 0 Å². The summed E-state index contributed by atoms with van der Waals surface area (Å²) in [7, 11) is 0. The highest BCUT2D eigenvalue weighted by molar-refractivity contribution is 7.16. The molecule has 0 fully saturated rings. The van der Waals surface area contributed by atoms with E-state index in [1.54, 1.807) is 0 Å². The lowest BCUT2D eigenvalue weighted by atomic mass is 10.0. The van der Waals surface area contributed by atoms with Crippen LogP contribution in [0.2, 0.25) is 0 Å². The first-order valence-electron chi connectivity index (χ1n) is 10.7. The minimum atomic E-state index is -0.165. The molecule has 0 spiro atoms. The van der Waals surface area contributed by atoms with Crippen molar-refractivity contribution in [3.05, 3.63) is 81.1 Å². The number of nitrogens with zero attached hydrogens (tertiary/aromatic N) is 3. The molecule has 7 nitrogen and oxygen atoms in total. The smallest absolute Gasteiger partial charge is 0.267 e. The molecule has 0 saturated carbocycles. The van der Waals surface area contributed by atoms with Crippen molar-refractivity contribution in [2.75, 3.05) is 12.1 Å².